The highest BCUT2D eigenvalue weighted by molar-refractivity contribution is 7.92. The molecule has 0 fully saturated rings. The van der Waals surface area contributed by atoms with Gasteiger partial charge in [-0.05, 0) is 41.8 Å². The quantitative estimate of drug-likeness (QED) is 0.744. The van der Waals surface area contributed by atoms with E-state index in [0.717, 1.165) is 11.8 Å². The van der Waals surface area contributed by atoms with E-state index in [-0.39, 0.29) is 11.7 Å². The third-order valence-corrected chi connectivity index (χ3v) is 3.90. The minimum absolute atomic E-state index is 0.282. The molecule has 132 valence electrons. The Labute approximate surface area is 146 Å². The third kappa shape index (κ3) is 6.76. The molecule has 0 aromatic heterocycles. The first kappa shape index (κ1) is 18.7. The second-order valence-electron chi connectivity index (χ2n) is 5.46. The highest BCUT2D eigenvalue weighted by Crippen LogP contribution is 2.12. The molecule has 7 heteroatoms. The Balaban J connectivity index is 1.82. The summed E-state index contributed by atoms with van der Waals surface area (Å²) < 4.78 is 38.1. The normalized spacial score (nSPS) is 11.4. The van der Waals surface area contributed by atoms with Gasteiger partial charge in [0.1, 0.15) is 5.82 Å². The molecule has 1 amide bonds. The molecule has 2 rings (SSSR count). The zero-order chi connectivity index (χ0) is 18.3. The molecule has 0 heterocycles. The summed E-state index contributed by atoms with van der Waals surface area (Å²) in [4.78, 5) is 11.8. The summed E-state index contributed by atoms with van der Waals surface area (Å²) in [5.74, 6) is -0.565. The zero-order valence-corrected chi connectivity index (χ0v) is 14.5. The topological polar surface area (TPSA) is 75.3 Å². The highest BCUT2D eigenvalue weighted by Gasteiger charge is 2.02. The van der Waals surface area contributed by atoms with E-state index >= 15 is 0 Å². The van der Waals surface area contributed by atoms with Crippen LogP contribution in [0.3, 0.4) is 0 Å². The van der Waals surface area contributed by atoms with Crippen molar-refractivity contribution in [2.45, 2.75) is 6.42 Å². The number of hydrogen-bond donors (Lipinski definition) is 2. The fourth-order valence-corrected chi connectivity index (χ4v) is 2.69. The first-order chi connectivity index (χ1) is 11.8. The number of halogens is 1. The van der Waals surface area contributed by atoms with E-state index in [9.17, 15) is 17.6 Å². The van der Waals surface area contributed by atoms with Gasteiger partial charge in [-0.3, -0.25) is 9.52 Å². The number of amides is 1. The van der Waals surface area contributed by atoms with Crippen LogP contribution in [0.2, 0.25) is 0 Å². The molecule has 0 aliphatic rings. The number of carbonyl (C=O) groups is 1. The summed E-state index contributed by atoms with van der Waals surface area (Å²) in [6.07, 6.45) is 4.48. The van der Waals surface area contributed by atoms with Gasteiger partial charge in [0.15, 0.2) is 0 Å². The predicted molar refractivity (Wildman–Crippen MR) is 97.1 cm³/mol. The van der Waals surface area contributed by atoms with Crippen LogP contribution in [0.25, 0.3) is 6.08 Å². The number of hydrogen-bond acceptors (Lipinski definition) is 3. The van der Waals surface area contributed by atoms with Crippen LogP contribution in [0.15, 0.2) is 54.6 Å². The van der Waals surface area contributed by atoms with E-state index in [0.29, 0.717) is 24.2 Å². The monoisotopic (exact) mass is 362 g/mol. The fraction of sp³-hybridized carbons (Fsp3) is 0.167. The van der Waals surface area contributed by atoms with E-state index in [2.05, 4.69) is 10.0 Å². The van der Waals surface area contributed by atoms with Crippen LogP contribution in [0.4, 0.5) is 10.1 Å². The SMILES string of the molecule is CS(=O)(=O)Nc1ccc(/C=C/C(=O)NCCc2ccccc2F)cc1. The molecule has 0 radical (unpaired) electrons. The Morgan fingerprint density at radius 2 is 1.80 bits per heavy atom. The maximum absolute atomic E-state index is 13.4. The van der Waals surface area contributed by atoms with Crippen molar-refractivity contribution in [2.24, 2.45) is 0 Å². The van der Waals surface area contributed by atoms with E-state index in [1.165, 1.54) is 12.1 Å². The second-order valence-corrected chi connectivity index (χ2v) is 7.21. The van der Waals surface area contributed by atoms with Gasteiger partial charge in [-0.25, -0.2) is 12.8 Å². The predicted octanol–water partition coefficient (Wildman–Crippen LogP) is 2.57. The molecule has 0 saturated carbocycles. The minimum Gasteiger partial charge on any atom is -0.352 e. The van der Waals surface area contributed by atoms with Gasteiger partial charge < -0.3 is 5.32 Å². The van der Waals surface area contributed by atoms with Gasteiger partial charge in [0.2, 0.25) is 15.9 Å². The Hall–Kier alpha value is -2.67. The van der Waals surface area contributed by atoms with Crippen molar-refractivity contribution >= 4 is 27.7 Å². The van der Waals surface area contributed by atoms with E-state index < -0.39 is 10.0 Å². The summed E-state index contributed by atoms with van der Waals surface area (Å²) in [5, 5.41) is 2.69. The molecule has 2 N–H and O–H groups in total. The van der Waals surface area contributed by atoms with E-state index in [1.807, 2.05) is 0 Å². The van der Waals surface area contributed by atoms with Crippen molar-refractivity contribution in [3.63, 3.8) is 0 Å². The Kier molecular flexibility index (Phi) is 6.30. The van der Waals surface area contributed by atoms with Crippen LogP contribution < -0.4 is 10.0 Å². The smallest absolute Gasteiger partial charge is 0.244 e. The maximum Gasteiger partial charge on any atom is 0.244 e. The molecule has 2 aromatic rings. The highest BCUT2D eigenvalue weighted by atomic mass is 32.2. The van der Waals surface area contributed by atoms with Crippen LogP contribution in [-0.2, 0) is 21.2 Å². The Morgan fingerprint density at radius 3 is 2.44 bits per heavy atom. The van der Waals surface area contributed by atoms with Crippen LogP contribution >= 0.6 is 0 Å². The molecule has 5 nitrogen and oxygen atoms in total. The maximum atomic E-state index is 13.4. The molecule has 0 bridgehead atoms. The molecule has 0 aliphatic heterocycles. The summed E-state index contributed by atoms with van der Waals surface area (Å²) in [6.45, 7) is 0.335. The van der Waals surface area contributed by atoms with Crippen molar-refractivity contribution < 1.29 is 17.6 Å². The molecular weight excluding hydrogens is 343 g/mol. The van der Waals surface area contributed by atoms with Gasteiger partial charge in [-0.2, -0.15) is 0 Å². The molecule has 0 saturated heterocycles. The van der Waals surface area contributed by atoms with Gasteiger partial charge in [0.05, 0.1) is 6.26 Å². The number of anilines is 1. The molecule has 0 atom stereocenters. The van der Waals surface area contributed by atoms with Gasteiger partial charge in [-0.1, -0.05) is 30.3 Å². The molecule has 0 unspecified atom stereocenters. The summed E-state index contributed by atoms with van der Waals surface area (Å²) >= 11 is 0. The standard InChI is InChI=1S/C18H19FN2O3S/c1-25(23,24)21-16-9-6-14(7-10-16)8-11-18(22)20-13-12-15-4-2-3-5-17(15)19/h2-11,21H,12-13H2,1H3,(H,20,22)/b11-8+. The lowest BCUT2D eigenvalue weighted by atomic mass is 10.1. The third-order valence-electron chi connectivity index (χ3n) is 3.29. The van der Waals surface area contributed by atoms with Crippen molar-refractivity contribution in [1.82, 2.24) is 5.32 Å². The fourth-order valence-electron chi connectivity index (χ4n) is 2.13. The lowest BCUT2D eigenvalue weighted by molar-refractivity contribution is -0.116. The Bertz CT molecular complexity index is 862. The molecule has 25 heavy (non-hydrogen) atoms. The summed E-state index contributed by atoms with van der Waals surface area (Å²) in [5.41, 5.74) is 1.76. The van der Waals surface area contributed by atoms with Crippen LogP contribution in [0.1, 0.15) is 11.1 Å². The number of nitrogens with one attached hydrogen (secondary N) is 2. The van der Waals surface area contributed by atoms with Crippen LogP contribution in [0.5, 0.6) is 0 Å². The molecule has 0 spiro atoms. The Morgan fingerprint density at radius 1 is 1.12 bits per heavy atom. The first-order valence-corrected chi connectivity index (χ1v) is 9.50. The van der Waals surface area contributed by atoms with Crippen molar-refractivity contribution in [3.8, 4) is 0 Å². The zero-order valence-electron chi connectivity index (χ0n) is 13.7. The largest absolute Gasteiger partial charge is 0.352 e. The summed E-state index contributed by atoms with van der Waals surface area (Å²) in [6, 6.07) is 13.0. The van der Waals surface area contributed by atoms with Crippen molar-refractivity contribution in [3.05, 3.63) is 71.6 Å². The van der Waals surface area contributed by atoms with Crippen LogP contribution in [0, 0.1) is 5.82 Å². The number of carbonyl (C=O) groups excluding carboxylic acids is 1. The van der Waals surface area contributed by atoms with Crippen molar-refractivity contribution in [2.75, 3.05) is 17.5 Å². The first-order valence-electron chi connectivity index (χ1n) is 7.61. The average molecular weight is 362 g/mol. The van der Waals surface area contributed by atoms with Gasteiger partial charge in [0.25, 0.3) is 0 Å². The van der Waals surface area contributed by atoms with E-state index in [4.69, 9.17) is 0 Å². The van der Waals surface area contributed by atoms with Gasteiger partial charge >= 0.3 is 0 Å². The van der Waals surface area contributed by atoms with Crippen molar-refractivity contribution in [1.29, 1.82) is 0 Å². The average Bonchev–Trinajstić information content (AvgIpc) is 2.54. The number of sulfonamides is 1. The molecule has 0 aliphatic carbocycles. The molecular formula is C18H19FN2O3S. The summed E-state index contributed by atoms with van der Waals surface area (Å²) in [7, 11) is -3.31. The van der Waals surface area contributed by atoms with E-state index in [1.54, 1.807) is 48.5 Å². The number of benzene rings is 2. The number of rotatable bonds is 7. The lowest BCUT2D eigenvalue weighted by Gasteiger charge is -2.04. The second kappa shape index (κ2) is 8.43. The van der Waals surface area contributed by atoms with Gasteiger partial charge in [0, 0.05) is 18.3 Å². The molecule has 2 aromatic carbocycles. The minimum atomic E-state index is -3.31. The lowest BCUT2D eigenvalue weighted by Crippen LogP contribution is -2.23. The van der Waals surface area contributed by atoms with Gasteiger partial charge in [-0.15, -0.1) is 0 Å². The van der Waals surface area contributed by atoms with Crippen LogP contribution in [-0.4, -0.2) is 27.1 Å².